The minimum atomic E-state index is -3.24. The molecular formula is C12H14ClF4N3O. The SMILES string of the molecule is CC(F)(F)c1ncc(N2CCC(F)(F)CC2CO)nc1Cl. The first-order valence-corrected chi connectivity index (χ1v) is 6.68. The van der Waals surface area contributed by atoms with Crippen LogP contribution in [0, 0.1) is 0 Å². The van der Waals surface area contributed by atoms with Crippen molar-refractivity contribution < 1.29 is 22.7 Å². The Labute approximate surface area is 123 Å². The quantitative estimate of drug-likeness (QED) is 0.867. The second-order valence-corrected chi connectivity index (χ2v) is 5.45. The first-order chi connectivity index (χ1) is 9.64. The lowest BCUT2D eigenvalue weighted by Crippen LogP contribution is -2.49. The molecule has 9 heteroatoms. The van der Waals surface area contributed by atoms with Crippen molar-refractivity contribution in [2.75, 3.05) is 18.1 Å². The Hall–Kier alpha value is -1.15. The number of aliphatic hydroxyl groups is 1. The van der Waals surface area contributed by atoms with Crippen LogP contribution in [0.25, 0.3) is 0 Å². The third-order valence-electron chi connectivity index (χ3n) is 3.33. The molecule has 2 rings (SSSR count). The van der Waals surface area contributed by atoms with Crippen molar-refractivity contribution in [2.24, 2.45) is 0 Å². The number of piperidine rings is 1. The van der Waals surface area contributed by atoms with E-state index in [0.717, 1.165) is 6.20 Å². The molecule has 1 saturated heterocycles. The predicted octanol–water partition coefficient (Wildman–Crippen LogP) is 2.84. The molecular weight excluding hydrogens is 314 g/mol. The van der Waals surface area contributed by atoms with Crippen LogP contribution < -0.4 is 4.90 Å². The van der Waals surface area contributed by atoms with Crippen LogP contribution in [0.1, 0.15) is 25.5 Å². The lowest BCUT2D eigenvalue weighted by Gasteiger charge is -2.39. The lowest BCUT2D eigenvalue weighted by molar-refractivity contribution is -0.0395. The van der Waals surface area contributed by atoms with Crippen LogP contribution in [-0.4, -0.2) is 40.2 Å². The Morgan fingerprint density at radius 1 is 1.52 bits per heavy atom. The molecule has 0 aliphatic carbocycles. The maximum atomic E-state index is 13.3. The summed E-state index contributed by atoms with van der Waals surface area (Å²) in [5, 5.41) is 8.75. The summed E-state index contributed by atoms with van der Waals surface area (Å²) in [6.07, 6.45) is 0.119. The van der Waals surface area contributed by atoms with E-state index in [1.807, 2.05) is 0 Å². The van der Waals surface area contributed by atoms with Gasteiger partial charge in [0.25, 0.3) is 11.8 Å². The van der Waals surface area contributed by atoms with Gasteiger partial charge in [-0.1, -0.05) is 11.6 Å². The molecule has 0 radical (unpaired) electrons. The van der Waals surface area contributed by atoms with E-state index in [0.29, 0.717) is 6.92 Å². The highest BCUT2D eigenvalue weighted by Crippen LogP contribution is 2.35. The second-order valence-electron chi connectivity index (χ2n) is 5.10. The number of anilines is 1. The number of hydrogen-bond donors (Lipinski definition) is 1. The van der Waals surface area contributed by atoms with E-state index in [1.165, 1.54) is 4.90 Å². The number of aromatic nitrogens is 2. The van der Waals surface area contributed by atoms with Crippen molar-refractivity contribution in [1.82, 2.24) is 9.97 Å². The van der Waals surface area contributed by atoms with E-state index in [1.54, 1.807) is 0 Å². The average molecular weight is 328 g/mol. The Bertz CT molecular complexity index is 524. The minimum absolute atomic E-state index is 0.0644. The van der Waals surface area contributed by atoms with Crippen molar-refractivity contribution in [2.45, 2.75) is 37.7 Å². The van der Waals surface area contributed by atoms with Crippen LogP contribution in [-0.2, 0) is 5.92 Å². The topological polar surface area (TPSA) is 49.2 Å². The Kier molecular flexibility index (Phi) is 4.30. The van der Waals surface area contributed by atoms with E-state index < -0.39 is 48.2 Å². The molecule has 4 nitrogen and oxygen atoms in total. The second kappa shape index (κ2) is 5.57. The molecule has 21 heavy (non-hydrogen) atoms. The van der Waals surface area contributed by atoms with Gasteiger partial charge in [-0.3, -0.25) is 0 Å². The zero-order chi connectivity index (χ0) is 15.8. The molecule has 1 aromatic heterocycles. The molecule has 1 aromatic rings. The molecule has 0 saturated carbocycles. The van der Waals surface area contributed by atoms with E-state index in [-0.39, 0.29) is 12.4 Å². The zero-order valence-electron chi connectivity index (χ0n) is 11.2. The van der Waals surface area contributed by atoms with Gasteiger partial charge in [0.1, 0.15) is 11.5 Å². The van der Waals surface area contributed by atoms with Crippen LogP contribution in [0.5, 0.6) is 0 Å². The van der Waals surface area contributed by atoms with E-state index in [9.17, 15) is 22.7 Å². The molecule has 0 spiro atoms. The normalized spacial score (nSPS) is 22.4. The number of nitrogens with zero attached hydrogens (tertiary/aromatic N) is 3. The van der Waals surface area contributed by atoms with Crippen LogP contribution in [0.3, 0.4) is 0 Å². The van der Waals surface area contributed by atoms with E-state index in [2.05, 4.69) is 9.97 Å². The number of halogens is 5. The lowest BCUT2D eigenvalue weighted by atomic mass is 9.99. The van der Waals surface area contributed by atoms with Crippen molar-refractivity contribution in [3.05, 3.63) is 17.0 Å². The fourth-order valence-corrected chi connectivity index (χ4v) is 2.58. The van der Waals surface area contributed by atoms with Crippen molar-refractivity contribution in [3.8, 4) is 0 Å². The van der Waals surface area contributed by atoms with Gasteiger partial charge < -0.3 is 10.0 Å². The molecule has 1 N–H and O–H groups in total. The summed E-state index contributed by atoms with van der Waals surface area (Å²) in [5.74, 6) is -6.01. The van der Waals surface area contributed by atoms with Crippen LogP contribution in [0.4, 0.5) is 23.4 Å². The van der Waals surface area contributed by atoms with Crippen molar-refractivity contribution in [1.29, 1.82) is 0 Å². The molecule has 0 bridgehead atoms. The minimum Gasteiger partial charge on any atom is -0.394 e. The molecule has 1 aliphatic rings. The van der Waals surface area contributed by atoms with Gasteiger partial charge in [-0.25, -0.2) is 18.7 Å². The number of alkyl halides is 4. The Balaban J connectivity index is 2.28. The van der Waals surface area contributed by atoms with Gasteiger partial charge in [-0.05, 0) is 0 Å². The first kappa shape index (κ1) is 16.2. The summed E-state index contributed by atoms with van der Waals surface area (Å²) < 4.78 is 53.1. The maximum absolute atomic E-state index is 13.3. The number of rotatable bonds is 3. The summed E-state index contributed by atoms with van der Waals surface area (Å²) in [7, 11) is 0. The smallest absolute Gasteiger partial charge is 0.290 e. The van der Waals surface area contributed by atoms with Gasteiger partial charge >= 0.3 is 0 Å². The van der Waals surface area contributed by atoms with Gasteiger partial charge in [0.2, 0.25) is 0 Å². The van der Waals surface area contributed by atoms with Gasteiger partial charge in [0, 0.05) is 26.3 Å². The molecule has 1 aliphatic heterocycles. The molecule has 1 atom stereocenters. The maximum Gasteiger partial charge on any atom is 0.290 e. The number of aliphatic hydroxyl groups excluding tert-OH is 1. The molecule has 1 fully saturated rings. The van der Waals surface area contributed by atoms with Crippen molar-refractivity contribution in [3.63, 3.8) is 0 Å². The highest BCUT2D eigenvalue weighted by Gasteiger charge is 2.41. The molecule has 0 aromatic carbocycles. The van der Waals surface area contributed by atoms with Gasteiger partial charge in [0.05, 0.1) is 18.8 Å². The fourth-order valence-electron chi connectivity index (χ4n) is 2.28. The first-order valence-electron chi connectivity index (χ1n) is 6.30. The standard InChI is InChI=1S/C12H14ClF4N3O/c1-11(14,15)9-10(13)19-8(5-18-9)20-3-2-12(16,17)4-7(20)6-21/h5,7,21H,2-4,6H2,1H3. The highest BCUT2D eigenvalue weighted by molar-refractivity contribution is 6.30. The van der Waals surface area contributed by atoms with Crippen molar-refractivity contribution >= 4 is 17.4 Å². The summed E-state index contributed by atoms with van der Waals surface area (Å²) in [5.41, 5.74) is -0.671. The van der Waals surface area contributed by atoms with Crippen LogP contribution >= 0.6 is 11.6 Å². The molecule has 2 heterocycles. The highest BCUT2D eigenvalue weighted by atomic mass is 35.5. The average Bonchev–Trinajstić information content (AvgIpc) is 2.35. The number of hydrogen-bond acceptors (Lipinski definition) is 4. The van der Waals surface area contributed by atoms with E-state index >= 15 is 0 Å². The fraction of sp³-hybridized carbons (Fsp3) is 0.667. The Morgan fingerprint density at radius 2 is 2.19 bits per heavy atom. The van der Waals surface area contributed by atoms with Gasteiger partial charge in [-0.2, -0.15) is 8.78 Å². The van der Waals surface area contributed by atoms with Gasteiger partial charge in [0.15, 0.2) is 5.15 Å². The van der Waals surface area contributed by atoms with Crippen LogP contribution in [0.2, 0.25) is 5.15 Å². The molecule has 118 valence electrons. The van der Waals surface area contributed by atoms with Crippen LogP contribution in [0.15, 0.2) is 6.20 Å². The monoisotopic (exact) mass is 327 g/mol. The molecule has 1 unspecified atom stereocenters. The summed E-state index contributed by atoms with van der Waals surface area (Å²) in [6, 6.07) is -0.855. The molecule has 0 amide bonds. The summed E-state index contributed by atoms with van der Waals surface area (Å²) in [6.45, 7) is 0.0756. The summed E-state index contributed by atoms with van der Waals surface area (Å²) in [4.78, 5) is 8.79. The third kappa shape index (κ3) is 3.55. The largest absolute Gasteiger partial charge is 0.394 e. The van der Waals surface area contributed by atoms with E-state index in [4.69, 9.17) is 11.6 Å². The zero-order valence-corrected chi connectivity index (χ0v) is 11.9. The Morgan fingerprint density at radius 3 is 2.71 bits per heavy atom. The predicted molar refractivity (Wildman–Crippen MR) is 69.0 cm³/mol. The third-order valence-corrected chi connectivity index (χ3v) is 3.60. The van der Waals surface area contributed by atoms with Gasteiger partial charge in [-0.15, -0.1) is 0 Å². The summed E-state index contributed by atoms with van der Waals surface area (Å²) >= 11 is 5.69.